The number of anilines is 1. The maximum atomic E-state index is 13.6. The molecule has 1 N–H and O–H groups in total. The molecule has 1 aliphatic rings. The number of nitrogens with one attached hydrogen (secondary N) is 1. The highest BCUT2D eigenvalue weighted by Crippen LogP contribution is 2.24. The first-order valence-electron chi connectivity index (χ1n) is 5.98. The summed E-state index contributed by atoms with van der Waals surface area (Å²) in [6, 6.07) is 3.19. The molecule has 1 heterocycles. The number of hydrogen-bond acceptors (Lipinski definition) is 4. The van der Waals surface area contributed by atoms with Crippen molar-refractivity contribution in [2.24, 2.45) is 0 Å². The van der Waals surface area contributed by atoms with Crippen LogP contribution in [0.5, 0.6) is 0 Å². The summed E-state index contributed by atoms with van der Waals surface area (Å²) < 4.78 is 41.1. The van der Waals surface area contributed by atoms with E-state index in [0.29, 0.717) is 6.42 Å². The zero-order valence-corrected chi connectivity index (χ0v) is 12.2. The van der Waals surface area contributed by atoms with E-state index >= 15 is 0 Å². The van der Waals surface area contributed by atoms with Crippen LogP contribution in [-0.4, -0.2) is 26.5 Å². The molecule has 0 aliphatic carbocycles. The van der Waals surface area contributed by atoms with E-state index in [1.54, 1.807) is 0 Å². The number of benzene rings is 1. The quantitative estimate of drug-likeness (QED) is 0.867. The van der Waals surface area contributed by atoms with E-state index < -0.39 is 25.9 Å². The first-order valence-corrected chi connectivity index (χ1v) is 8.29. The van der Waals surface area contributed by atoms with Gasteiger partial charge in [0.05, 0.1) is 6.10 Å². The predicted octanol–water partition coefficient (Wildman–Crippen LogP) is 2.26. The van der Waals surface area contributed by atoms with Crippen molar-refractivity contribution in [1.29, 1.82) is 0 Å². The largest absolute Gasteiger partial charge is 0.365 e. The van der Waals surface area contributed by atoms with Crippen LogP contribution < -0.4 is 5.32 Å². The van der Waals surface area contributed by atoms with Gasteiger partial charge < -0.3 is 10.1 Å². The van der Waals surface area contributed by atoms with Crippen molar-refractivity contribution < 1.29 is 22.3 Å². The molecule has 2 unspecified atom stereocenters. The lowest BCUT2D eigenvalue weighted by Gasteiger charge is -2.12. The number of rotatable bonds is 3. The van der Waals surface area contributed by atoms with E-state index in [4.69, 9.17) is 15.4 Å². The molecule has 0 aromatic heterocycles. The molecular formula is C12H13ClFNO4S. The van der Waals surface area contributed by atoms with Crippen molar-refractivity contribution in [2.45, 2.75) is 36.9 Å². The van der Waals surface area contributed by atoms with Gasteiger partial charge in [-0.05, 0) is 38.0 Å². The van der Waals surface area contributed by atoms with Gasteiger partial charge in [0, 0.05) is 16.4 Å². The zero-order chi connectivity index (χ0) is 14.9. The van der Waals surface area contributed by atoms with Crippen molar-refractivity contribution in [3.63, 3.8) is 0 Å². The lowest BCUT2D eigenvalue weighted by Crippen LogP contribution is -2.27. The molecule has 0 bridgehead atoms. The predicted molar refractivity (Wildman–Crippen MR) is 71.6 cm³/mol. The van der Waals surface area contributed by atoms with E-state index in [-0.39, 0.29) is 17.7 Å². The average molecular weight is 322 g/mol. The fourth-order valence-electron chi connectivity index (χ4n) is 1.99. The maximum absolute atomic E-state index is 13.6. The van der Waals surface area contributed by atoms with Crippen LogP contribution in [0, 0.1) is 5.82 Å². The van der Waals surface area contributed by atoms with Gasteiger partial charge in [0.1, 0.15) is 16.8 Å². The molecule has 0 spiro atoms. The lowest BCUT2D eigenvalue weighted by atomic mass is 10.2. The molecule has 1 amide bonds. The van der Waals surface area contributed by atoms with Crippen molar-refractivity contribution in [1.82, 2.24) is 0 Å². The molecule has 110 valence electrons. The molecule has 1 aliphatic heterocycles. The molecule has 0 radical (unpaired) electrons. The Morgan fingerprint density at radius 3 is 2.65 bits per heavy atom. The Hall–Kier alpha value is -1.18. The minimum absolute atomic E-state index is 0.0197. The Labute approximate surface area is 120 Å². The minimum atomic E-state index is -4.14. The summed E-state index contributed by atoms with van der Waals surface area (Å²) in [4.78, 5) is 11.2. The lowest BCUT2D eigenvalue weighted by molar-refractivity contribution is -0.126. The second kappa shape index (κ2) is 5.67. The third-order valence-electron chi connectivity index (χ3n) is 2.99. The smallest absolute Gasteiger partial charge is 0.264 e. The van der Waals surface area contributed by atoms with Crippen LogP contribution in [0.3, 0.4) is 0 Å². The molecular weight excluding hydrogens is 309 g/mol. The Morgan fingerprint density at radius 1 is 1.45 bits per heavy atom. The van der Waals surface area contributed by atoms with E-state index in [1.807, 2.05) is 6.92 Å². The maximum Gasteiger partial charge on any atom is 0.264 e. The summed E-state index contributed by atoms with van der Waals surface area (Å²) >= 11 is 0. The molecule has 1 aromatic carbocycles. The first-order chi connectivity index (χ1) is 9.27. The Balaban J connectivity index is 2.11. The van der Waals surface area contributed by atoms with Gasteiger partial charge in [-0.25, -0.2) is 12.8 Å². The Bertz CT molecular complexity index is 634. The van der Waals surface area contributed by atoms with Crippen molar-refractivity contribution >= 4 is 31.3 Å². The normalized spacial score (nSPS) is 22.8. The molecule has 20 heavy (non-hydrogen) atoms. The van der Waals surface area contributed by atoms with E-state index in [0.717, 1.165) is 18.6 Å². The Kier molecular flexibility index (Phi) is 4.31. The number of carbonyl (C=O) groups is 1. The van der Waals surface area contributed by atoms with E-state index in [9.17, 15) is 17.6 Å². The third kappa shape index (κ3) is 3.47. The van der Waals surface area contributed by atoms with Crippen molar-refractivity contribution in [3.8, 4) is 0 Å². The van der Waals surface area contributed by atoms with Gasteiger partial charge in [-0.2, -0.15) is 0 Å². The van der Waals surface area contributed by atoms with Gasteiger partial charge in [-0.3, -0.25) is 4.79 Å². The minimum Gasteiger partial charge on any atom is -0.365 e. The van der Waals surface area contributed by atoms with Crippen molar-refractivity contribution in [3.05, 3.63) is 24.0 Å². The molecule has 1 fully saturated rings. The summed E-state index contributed by atoms with van der Waals surface area (Å²) in [6.45, 7) is 1.87. The van der Waals surface area contributed by atoms with Crippen LogP contribution in [0.25, 0.3) is 0 Å². The topological polar surface area (TPSA) is 72.5 Å². The number of carbonyl (C=O) groups excluding carboxylic acids is 1. The molecule has 2 rings (SSSR count). The molecule has 0 saturated carbocycles. The van der Waals surface area contributed by atoms with Gasteiger partial charge in [0.15, 0.2) is 0 Å². The van der Waals surface area contributed by atoms with Crippen LogP contribution in [0.2, 0.25) is 0 Å². The second-order valence-electron chi connectivity index (χ2n) is 4.58. The van der Waals surface area contributed by atoms with Crippen LogP contribution >= 0.6 is 10.7 Å². The average Bonchev–Trinajstić information content (AvgIpc) is 2.74. The van der Waals surface area contributed by atoms with Crippen LogP contribution in [0.1, 0.15) is 19.8 Å². The number of halogens is 2. The summed E-state index contributed by atoms with van der Waals surface area (Å²) in [5.74, 6) is -1.39. The highest BCUT2D eigenvalue weighted by atomic mass is 35.7. The highest BCUT2D eigenvalue weighted by molar-refractivity contribution is 8.13. The Morgan fingerprint density at radius 2 is 2.15 bits per heavy atom. The monoisotopic (exact) mass is 321 g/mol. The standard InChI is InChI=1S/C12H13ClFNO4S/c1-7-2-4-10(19-7)12(16)15-8-3-5-11(9(14)6-8)20(13,17)18/h3,5-7,10H,2,4H2,1H3,(H,15,16). The van der Waals surface area contributed by atoms with Crippen molar-refractivity contribution in [2.75, 3.05) is 5.32 Å². The number of amides is 1. The van der Waals surface area contributed by atoms with Gasteiger partial charge in [0.25, 0.3) is 15.0 Å². The van der Waals surface area contributed by atoms with E-state index in [2.05, 4.69) is 5.32 Å². The highest BCUT2D eigenvalue weighted by Gasteiger charge is 2.28. The molecule has 2 atom stereocenters. The second-order valence-corrected chi connectivity index (χ2v) is 7.12. The van der Waals surface area contributed by atoms with Gasteiger partial charge >= 0.3 is 0 Å². The molecule has 5 nitrogen and oxygen atoms in total. The van der Waals surface area contributed by atoms with Crippen LogP contribution in [0.15, 0.2) is 23.1 Å². The summed E-state index contributed by atoms with van der Waals surface area (Å²) in [5, 5.41) is 2.48. The summed E-state index contributed by atoms with van der Waals surface area (Å²) in [6.07, 6.45) is 0.843. The van der Waals surface area contributed by atoms with Gasteiger partial charge in [-0.15, -0.1) is 0 Å². The fourth-order valence-corrected chi connectivity index (χ4v) is 2.89. The van der Waals surface area contributed by atoms with Crippen LogP contribution in [-0.2, 0) is 18.6 Å². The summed E-state index contributed by atoms with van der Waals surface area (Å²) in [5.41, 5.74) is 0.153. The fraction of sp³-hybridized carbons (Fsp3) is 0.417. The number of hydrogen-bond donors (Lipinski definition) is 1. The van der Waals surface area contributed by atoms with Gasteiger partial charge in [0.2, 0.25) is 0 Å². The summed E-state index contributed by atoms with van der Waals surface area (Å²) in [7, 11) is 0.925. The molecule has 1 aromatic rings. The number of ether oxygens (including phenoxy) is 1. The third-order valence-corrected chi connectivity index (χ3v) is 4.34. The van der Waals surface area contributed by atoms with Gasteiger partial charge in [-0.1, -0.05) is 0 Å². The molecule has 1 saturated heterocycles. The van der Waals surface area contributed by atoms with Crippen LogP contribution in [0.4, 0.5) is 10.1 Å². The zero-order valence-electron chi connectivity index (χ0n) is 10.6. The SMILES string of the molecule is CC1CCC(C(=O)Nc2ccc(S(=O)(=O)Cl)c(F)c2)O1. The first kappa shape index (κ1) is 15.2. The molecule has 8 heteroatoms. The van der Waals surface area contributed by atoms with E-state index in [1.165, 1.54) is 6.07 Å².